The Morgan fingerprint density at radius 3 is 2.70 bits per heavy atom. The molecule has 1 aromatic heterocycles. The second-order valence-electron chi connectivity index (χ2n) is 5.11. The van der Waals surface area contributed by atoms with Gasteiger partial charge in [0.2, 0.25) is 0 Å². The normalized spacial score (nSPS) is 11.2. The summed E-state index contributed by atoms with van der Waals surface area (Å²) in [6.45, 7) is 6.69. The average molecular weight is 346 g/mol. The Morgan fingerprint density at radius 2 is 2.05 bits per heavy atom. The minimum Gasteiger partial charge on any atom is -0.491 e. The molecular formula is C14H20BrNO4. The number of rotatable bonds is 7. The zero-order valence-electron chi connectivity index (χ0n) is 12.0. The van der Waals surface area contributed by atoms with Crippen LogP contribution in [0, 0.1) is 0 Å². The van der Waals surface area contributed by atoms with E-state index >= 15 is 0 Å². The molecule has 0 saturated heterocycles. The van der Waals surface area contributed by atoms with Crippen molar-refractivity contribution in [2.45, 2.75) is 32.8 Å². The number of ether oxygens (including phenoxy) is 3. The van der Waals surface area contributed by atoms with Gasteiger partial charge >= 0.3 is 5.97 Å². The summed E-state index contributed by atoms with van der Waals surface area (Å²) < 4.78 is 16.7. The lowest BCUT2D eigenvalue weighted by molar-refractivity contribution is -0.156. The highest BCUT2D eigenvalue weighted by atomic mass is 79.9. The summed E-state index contributed by atoms with van der Waals surface area (Å²) in [6, 6.07) is 3.55. The molecular weight excluding hydrogens is 326 g/mol. The first kappa shape index (κ1) is 16.9. The number of halogens is 1. The van der Waals surface area contributed by atoms with E-state index in [4.69, 9.17) is 14.2 Å². The standard InChI is InChI=1S/C14H20BrNO4/c1-14(2,3)20-13(17)5-7-18-8-9-19-11-4-6-16-12(15)10-11/h4,6,10H,5,7-9H2,1-3H3. The van der Waals surface area contributed by atoms with Crippen LogP contribution in [0.3, 0.4) is 0 Å². The van der Waals surface area contributed by atoms with Gasteiger partial charge in [0.05, 0.1) is 19.6 Å². The van der Waals surface area contributed by atoms with Crippen LogP contribution >= 0.6 is 15.9 Å². The van der Waals surface area contributed by atoms with Crippen LogP contribution in [0.15, 0.2) is 22.9 Å². The molecule has 0 aliphatic heterocycles. The van der Waals surface area contributed by atoms with E-state index in [-0.39, 0.29) is 12.4 Å². The van der Waals surface area contributed by atoms with E-state index in [2.05, 4.69) is 20.9 Å². The molecule has 5 nitrogen and oxygen atoms in total. The lowest BCUT2D eigenvalue weighted by atomic mass is 10.2. The second kappa shape index (κ2) is 8.21. The van der Waals surface area contributed by atoms with Gasteiger partial charge in [-0.3, -0.25) is 4.79 Å². The molecule has 1 aromatic rings. The van der Waals surface area contributed by atoms with Crippen LogP contribution in [0.1, 0.15) is 27.2 Å². The van der Waals surface area contributed by atoms with Crippen molar-refractivity contribution >= 4 is 21.9 Å². The molecule has 0 amide bonds. The van der Waals surface area contributed by atoms with Crippen LogP contribution in [0.4, 0.5) is 0 Å². The second-order valence-corrected chi connectivity index (χ2v) is 5.92. The first-order valence-electron chi connectivity index (χ1n) is 6.41. The summed E-state index contributed by atoms with van der Waals surface area (Å²) in [7, 11) is 0. The molecule has 0 atom stereocenters. The third-order valence-electron chi connectivity index (χ3n) is 2.06. The van der Waals surface area contributed by atoms with Crippen molar-refractivity contribution in [3.63, 3.8) is 0 Å². The highest BCUT2D eigenvalue weighted by Crippen LogP contribution is 2.14. The van der Waals surface area contributed by atoms with Crippen LogP contribution in [-0.4, -0.2) is 36.4 Å². The molecule has 0 N–H and O–H groups in total. The molecule has 1 heterocycles. The van der Waals surface area contributed by atoms with Gasteiger partial charge < -0.3 is 14.2 Å². The third kappa shape index (κ3) is 8.12. The smallest absolute Gasteiger partial charge is 0.308 e. The van der Waals surface area contributed by atoms with Crippen molar-refractivity contribution < 1.29 is 19.0 Å². The fourth-order valence-electron chi connectivity index (χ4n) is 1.34. The van der Waals surface area contributed by atoms with Crippen molar-refractivity contribution in [3.8, 4) is 5.75 Å². The average Bonchev–Trinajstić information content (AvgIpc) is 2.31. The fourth-order valence-corrected chi connectivity index (χ4v) is 1.69. The molecule has 0 saturated carbocycles. The molecule has 0 radical (unpaired) electrons. The molecule has 1 rings (SSSR count). The topological polar surface area (TPSA) is 57.7 Å². The summed E-state index contributed by atoms with van der Waals surface area (Å²) in [4.78, 5) is 15.4. The van der Waals surface area contributed by atoms with Crippen molar-refractivity contribution in [2.75, 3.05) is 19.8 Å². The Labute approximate surface area is 127 Å². The Kier molecular flexibility index (Phi) is 6.95. The number of hydrogen-bond acceptors (Lipinski definition) is 5. The summed E-state index contributed by atoms with van der Waals surface area (Å²) in [6.07, 6.45) is 1.90. The van der Waals surface area contributed by atoms with Gasteiger partial charge in [0.1, 0.15) is 22.6 Å². The Bertz CT molecular complexity index is 431. The number of esters is 1. The van der Waals surface area contributed by atoms with Gasteiger partial charge in [-0.2, -0.15) is 0 Å². The van der Waals surface area contributed by atoms with E-state index in [1.54, 1.807) is 18.3 Å². The maximum Gasteiger partial charge on any atom is 0.308 e. The first-order chi connectivity index (χ1) is 9.37. The van der Waals surface area contributed by atoms with Gasteiger partial charge in [-0.25, -0.2) is 4.98 Å². The summed E-state index contributed by atoms with van der Waals surface area (Å²) in [5.74, 6) is 0.471. The predicted octanol–water partition coefficient (Wildman–Crippen LogP) is 2.97. The van der Waals surface area contributed by atoms with E-state index in [9.17, 15) is 4.79 Å². The van der Waals surface area contributed by atoms with Crippen molar-refractivity contribution in [2.24, 2.45) is 0 Å². The number of pyridine rings is 1. The van der Waals surface area contributed by atoms with Crippen LogP contribution in [0.25, 0.3) is 0 Å². The van der Waals surface area contributed by atoms with Gasteiger partial charge in [-0.15, -0.1) is 0 Å². The van der Waals surface area contributed by atoms with Crippen molar-refractivity contribution in [3.05, 3.63) is 22.9 Å². The minimum absolute atomic E-state index is 0.248. The van der Waals surface area contributed by atoms with Gasteiger partial charge in [-0.05, 0) is 42.8 Å². The number of carbonyl (C=O) groups is 1. The molecule has 0 aliphatic carbocycles. The zero-order chi connectivity index (χ0) is 15.0. The Balaban J connectivity index is 2.07. The first-order valence-corrected chi connectivity index (χ1v) is 7.20. The highest BCUT2D eigenvalue weighted by molar-refractivity contribution is 9.10. The van der Waals surface area contributed by atoms with Crippen LogP contribution in [0.2, 0.25) is 0 Å². The van der Waals surface area contributed by atoms with E-state index in [0.717, 1.165) is 10.4 Å². The summed E-state index contributed by atoms with van der Waals surface area (Å²) in [5.41, 5.74) is -0.449. The van der Waals surface area contributed by atoms with E-state index in [1.165, 1.54) is 0 Å². The molecule has 20 heavy (non-hydrogen) atoms. The van der Waals surface area contributed by atoms with Crippen molar-refractivity contribution in [1.82, 2.24) is 4.98 Å². The lowest BCUT2D eigenvalue weighted by Gasteiger charge is -2.19. The van der Waals surface area contributed by atoms with Crippen LogP contribution in [-0.2, 0) is 14.3 Å². The van der Waals surface area contributed by atoms with Gasteiger partial charge in [0.15, 0.2) is 0 Å². The summed E-state index contributed by atoms with van der Waals surface area (Å²) >= 11 is 3.26. The minimum atomic E-state index is -0.449. The lowest BCUT2D eigenvalue weighted by Crippen LogP contribution is -2.24. The predicted molar refractivity (Wildman–Crippen MR) is 78.7 cm³/mol. The number of hydrogen-bond donors (Lipinski definition) is 0. The number of aromatic nitrogens is 1. The summed E-state index contributed by atoms with van der Waals surface area (Å²) in [5, 5.41) is 0. The molecule has 0 fully saturated rings. The Hall–Kier alpha value is -1.14. The molecule has 0 bridgehead atoms. The van der Waals surface area contributed by atoms with Gasteiger partial charge in [-0.1, -0.05) is 0 Å². The molecule has 0 unspecified atom stereocenters. The maximum absolute atomic E-state index is 11.4. The van der Waals surface area contributed by atoms with E-state index in [0.29, 0.717) is 19.8 Å². The van der Waals surface area contributed by atoms with Crippen LogP contribution < -0.4 is 4.74 Å². The zero-order valence-corrected chi connectivity index (χ0v) is 13.6. The Morgan fingerprint density at radius 1 is 1.30 bits per heavy atom. The largest absolute Gasteiger partial charge is 0.491 e. The molecule has 6 heteroatoms. The van der Waals surface area contributed by atoms with Gasteiger partial charge in [0.25, 0.3) is 0 Å². The third-order valence-corrected chi connectivity index (χ3v) is 2.50. The number of nitrogens with zero attached hydrogens (tertiary/aromatic N) is 1. The fraction of sp³-hybridized carbons (Fsp3) is 0.571. The molecule has 0 spiro atoms. The molecule has 0 aromatic carbocycles. The SMILES string of the molecule is CC(C)(C)OC(=O)CCOCCOc1ccnc(Br)c1. The van der Waals surface area contributed by atoms with E-state index in [1.807, 2.05) is 20.8 Å². The van der Waals surface area contributed by atoms with E-state index < -0.39 is 5.60 Å². The van der Waals surface area contributed by atoms with Crippen molar-refractivity contribution in [1.29, 1.82) is 0 Å². The molecule has 112 valence electrons. The monoisotopic (exact) mass is 345 g/mol. The maximum atomic E-state index is 11.4. The molecule has 0 aliphatic rings. The van der Waals surface area contributed by atoms with Crippen LogP contribution in [0.5, 0.6) is 5.75 Å². The quantitative estimate of drug-likeness (QED) is 0.432. The number of carbonyl (C=O) groups excluding carboxylic acids is 1. The van der Waals surface area contributed by atoms with Gasteiger partial charge in [0, 0.05) is 12.3 Å². The highest BCUT2D eigenvalue weighted by Gasteiger charge is 2.15.